The fourth-order valence-corrected chi connectivity index (χ4v) is 2.90. The zero-order valence-electron chi connectivity index (χ0n) is 12.3. The van der Waals surface area contributed by atoms with Gasteiger partial charge in [0, 0.05) is 38.2 Å². The number of hydrogen-bond acceptors (Lipinski definition) is 4. The molecule has 1 aromatic carbocycles. The van der Waals surface area contributed by atoms with Gasteiger partial charge in [0.2, 0.25) is 0 Å². The third kappa shape index (κ3) is 2.86. The standard InChI is InChI=1S/C16H22N2O2/c1-12-9-14-10-13(3-4-16(14)20-12)15(19)11-18-7-5-17(2)6-8-18/h3-4,10,12H,5-9,11H2,1-2H3. The Morgan fingerprint density at radius 2 is 2.05 bits per heavy atom. The van der Waals surface area contributed by atoms with Gasteiger partial charge in [-0.05, 0) is 37.7 Å². The lowest BCUT2D eigenvalue weighted by Gasteiger charge is -2.31. The largest absolute Gasteiger partial charge is 0.490 e. The number of ether oxygens (including phenoxy) is 1. The highest BCUT2D eigenvalue weighted by Gasteiger charge is 2.22. The monoisotopic (exact) mass is 274 g/mol. The van der Waals surface area contributed by atoms with Crippen molar-refractivity contribution in [3.63, 3.8) is 0 Å². The summed E-state index contributed by atoms with van der Waals surface area (Å²) in [5, 5.41) is 0. The molecule has 0 saturated carbocycles. The van der Waals surface area contributed by atoms with Crippen LogP contribution in [0.1, 0.15) is 22.8 Å². The third-order valence-electron chi connectivity index (χ3n) is 4.18. The Hall–Kier alpha value is -1.39. The zero-order chi connectivity index (χ0) is 14.1. The summed E-state index contributed by atoms with van der Waals surface area (Å²) in [5.74, 6) is 1.16. The Balaban J connectivity index is 1.64. The van der Waals surface area contributed by atoms with Crippen molar-refractivity contribution in [2.75, 3.05) is 39.8 Å². The van der Waals surface area contributed by atoms with E-state index in [2.05, 4.69) is 23.8 Å². The number of fused-ring (bicyclic) bond motifs is 1. The van der Waals surface area contributed by atoms with Crippen molar-refractivity contribution in [2.45, 2.75) is 19.4 Å². The Morgan fingerprint density at radius 1 is 1.30 bits per heavy atom. The average molecular weight is 274 g/mol. The number of piperazine rings is 1. The van der Waals surface area contributed by atoms with Crippen molar-refractivity contribution in [2.24, 2.45) is 0 Å². The lowest BCUT2D eigenvalue weighted by Crippen LogP contribution is -2.46. The predicted molar refractivity (Wildman–Crippen MR) is 78.5 cm³/mol. The van der Waals surface area contributed by atoms with Crippen LogP contribution >= 0.6 is 0 Å². The molecule has 4 nitrogen and oxygen atoms in total. The van der Waals surface area contributed by atoms with Gasteiger partial charge in [-0.15, -0.1) is 0 Å². The second-order valence-electron chi connectivity index (χ2n) is 5.96. The molecule has 0 aromatic heterocycles. The minimum Gasteiger partial charge on any atom is -0.490 e. The van der Waals surface area contributed by atoms with E-state index in [0.29, 0.717) is 6.54 Å². The predicted octanol–water partition coefficient (Wildman–Crippen LogP) is 1.44. The van der Waals surface area contributed by atoms with Gasteiger partial charge in [-0.1, -0.05) is 0 Å². The fraction of sp³-hybridized carbons (Fsp3) is 0.562. The van der Waals surface area contributed by atoms with Crippen LogP contribution in [-0.2, 0) is 6.42 Å². The van der Waals surface area contributed by atoms with Gasteiger partial charge < -0.3 is 9.64 Å². The molecule has 1 aromatic rings. The van der Waals surface area contributed by atoms with E-state index in [1.807, 2.05) is 18.2 Å². The van der Waals surface area contributed by atoms with Crippen molar-refractivity contribution in [1.29, 1.82) is 0 Å². The molecule has 4 heteroatoms. The highest BCUT2D eigenvalue weighted by Crippen LogP contribution is 2.29. The second kappa shape index (κ2) is 5.54. The highest BCUT2D eigenvalue weighted by molar-refractivity contribution is 5.98. The van der Waals surface area contributed by atoms with Gasteiger partial charge in [0.25, 0.3) is 0 Å². The first-order valence-electron chi connectivity index (χ1n) is 7.35. The maximum atomic E-state index is 12.4. The van der Waals surface area contributed by atoms with Gasteiger partial charge in [-0.2, -0.15) is 0 Å². The number of carbonyl (C=O) groups is 1. The van der Waals surface area contributed by atoms with E-state index in [4.69, 9.17) is 4.74 Å². The van der Waals surface area contributed by atoms with Crippen LogP contribution in [0.5, 0.6) is 5.75 Å². The van der Waals surface area contributed by atoms with Crippen LogP contribution in [0, 0.1) is 0 Å². The minimum atomic E-state index is 0.219. The lowest BCUT2D eigenvalue weighted by atomic mass is 10.0. The molecular weight excluding hydrogens is 252 g/mol. The summed E-state index contributed by atoms with van der Waals surface area (Å²) in [4.78, 5) is 16.9. The number of benzene rings is 1. The SMILES string of the molecule is CC1Cc2cc(C(=O)CN3CCN(C)CC3)ccc2O1. The van der Waals surface area contributed by atoms with Crippen molar-refractivity contribution >= 4 is 5.78 Å². The van der Waals surface area contributed by atoms with E-state index >= 15 is 0 Å². The summed E-state index contributed by atoms with van der Waals surface area (Å²) in [6.07, 6.45) is 1.14. The number of likely N-dealkylation sites (N-methyl/N-ethyl adjacent to an activating group) is 1. The average Bonchev–Trinajstić information content (AvgIpc) is 2.80. The number of hydrogen-bond donors (Lipinski definition) is 0. The van der Waals surface area contributed by atoms with Crippen molar-refractivity contribution in [3.8, 4) is 5.75 Å². The Kier molecular flexibility index (Phi) is 3.76. The Bertz CT molecular complexity index is 507. The highest BCUT2D eigenvalue weighted by atomic mass is 16.5. The molecule has 0 spiro atoms. The molecule has 20 heavy (non-hydrogen) atoms. The van der Waals surface area contributed by atoms with E-state index in [0.717, 1.165) is 43.9 Å². The van der Waals surface area contributed by atoms with Gasteiger partial charge >= 0.3 is 0 Å². The topological polar surface area (TPSA) is 32.8 Å². The fourth-order valence-electron chi connectivity index (χ4n) is 2.90. The number of nitrogens with zero attached hydrogens (tertiary/aromatic N) is 2. The van der Waals surface area contributed by atoms with Crippen LogP contribution < -0.4 is 4.74 Å². The smallest absolute Gasteiger partial charge is 0.176 e. The molecule has 2 aliphatic heterocycles. The minimum absolute atomic E-state index is 0.219. The van der Waals surface area contributed by atoms with Crippen molar-refractivity contribution in [1.82, 2.24) is 9.80 Å². The summed E-state index contributed by atoms with van der Waals surface area (Å²) >= 11 is 0. The quantitative estimate of drug-likeness (QED) is 0.781. The van der Waals surface area contributed by atoms with E-state index in [1.165, 1.54) is 5.56 Å². The number of Topliss-reactive ketones (excluding diaryl/α,β-unsaturated/α-hetero) is 1. The molecule has 0 aliphatic carbocycles. The van der Waals surface area contributed by atoms with E-state index in [1.54, 1.807) is 0 Å². The van der Waals surface area contributed by atoms with Gasteiger partial charge in [0.1, 0.15) is 11.9 Å². The summed E-state index contributed by atoms with van der Waals surface area (Å²) in [5.41, 5.74) is 1.99. The Labute approximate surface area is 120 Å². The number of rotatable bonds is 3. The Morgan fingerprint density at radius 3 is 2.80 bits per heavy atom. The van der Waals surface area contributed by atoms with Crippen LogP contribution in [0.25, 0.3) is 0 Å². The van der Waals surface area contributed by atoms with Crippen LogP contribution in [0.3, 0.4) is 0 Å². The third-order valence-corrected chi connectivity index (χ3v) is 4.18. The molecule has 108 valence electrons. The van der Waals surface area contributed by atoms with E-state index < -0.39 is 0 Å². The first-order valence-corrected chi connectivity index (χ1v) is 7.35. The maximum Gasteiger partial charge on any atom is 0.176 e. The molecule has 3 rings (SSSR count). The maximum absolute atomic E-state index is 12.4. The molecule has 0 N–H and O–H groups in total. The first-order chi connectivity index (χ1) is 9.61. The molecule has 0 amide bonds. The number of ketones is 1. The summed E-state index contributed by atoms with van der Waals surface area (Å²) in [6, 6.07) is 5.85. The van der Waals surface area contributed by atoms with E-state index in [-0.39, 0.29) is 11.9 Å². The molecule has 1 saturated heterocycles. The van der Waals surface area contributed by atoms with Gasteiger partial charge in [0.15, 0.2) is 5.78 Å². The zero-order valence-corrected chi connectivity index (χ0v) is 12.3. The summed E-state index contributed by atoms with van der Waals surface area (Å²) < 4.78 is 5.68. The second-order valence-corrected chi connectivity index (χ2v) is 5.96. The van der Waals surface area contributed by atoms with Crippen molar-refractivity contribution in [3.05, 3.63) is 29.3 Å². The molecule has 2 heterocycles. The van der Waals surface area contributed by atoms with Gasteiger partial charge in [0.05, 0.1) is 6.54 Å². The summed E-state index contributed by atoms with van der Waals surface area (Å²) in [7, 11) is 2.13. The molecule has 1 fully saturated rings. The van der Waals surface area contributed by atoms with Crippen molar-refractivity contribution < 1.29 is 9.53 Å². The van der Waals surface area contributed by atoms with Gasteiger partial charge in [-0.25, -0.2) is 0 Å². The van der Waals surface area contributed by atoms with E-state index in [9.17, 15) is 4.79 Å². The molecule has 2 aliphatic rings. The van der Waals surface area contributed by atoms with Crippen LogP contribution in [0.15, 0.2) is 18.2 Å². The van der Waals surface area contributed by atoms with Crippen LogP contribution in [0.2, 0.25) is 0 Å². The summed E-state index contributed by atoms with van der Waals surface area (Å²) in [6.45, 7) is 6.64. The van der Waals surface area contributed by atoms with Gasteiger partial charge in [-0.3, -0.25) is 9.69 Å². The molecule has 0 radical (unpaired) electrons. The first kappa shape index (κ1) is 13.6. The number of carbonyl (C=O) groups excluding carboxylic acids is 1. The molecular formula is C16H22N2O2. The molecule has 0 bridgehead atoms. The van der Waals surface area contributed by atoms with Crippen LogP contribution in [0.4, 0.5) is 0 Å². The lowest BCUT2D eigenvalue weighted by molar-refractivity contribution is 0.0876. The van der Waals surface area contributed by atoms with Crippen LogP contribution in [-0.4, -0.2) is 61.5 Å². The molecule has 1 atom stereocenters. The molecule has 1 unspecified atom stereocenters. The normalized spacial score (nSPS) is 23.4.